The summed E-state index contributed by atoms with van der Waals surface area (Å²) in [6, 6.07) is 0. The number of aliphatic hydroxyl groups excluding tert-OH is 2. The zero-order chi connectivity index (χ0) is 16.9. The second-order valence-electron chi connectivity index (χ2n) is 5.99. The number of amides is 2. The van der Waals surface area contributed by atoms with Crippen molar-refractivity contribution in [1.82, 2.24) is 0 Å². The minimum absolute atomic E-state index is 0.189. The first-order valence-corrected chi connectivity index (χ1v) is 7.50. The van der Waals surface area contributed by atoms with Gasteiger partial charge in [0, 0.05) is 18.4 Å². The molecule has 1 atom stereocenters. The van der Waals surface area contributed by atoms with Gasteiger partial charge in [-0.15, -0.1) is 0 Å². The second kappa shape index (κ2) is 12.6. The van der Waals surface area contributed by atoms with Crippen molar-refractivity contribution in [2.24, 2.45) is 16.9 Å². The summed E-state index contributed by atoms with van der Waals surface area (Å²) in [4.78, 5) is 21.0. The Morgan fingerprint density at radius 2 is 1.67 bits per heavy atom. The van der Waals surface area contributed by atoms with Crippen LogP contribution < -0.4 is 11.5 Å². The molecule has 0 fully saturated rings. The third kappa shape index (κ3) is 16.8. The molecule has 0 aromatic rings. The maximum absolute atomic E-state index is 10.8. The van der Waals surface area contributed by atoms with Crippen molar-refractivity contribution >= 4 is 11.8 Å². The van der Waals surface area contributed by atoms with E-state index in [2.05, 4.69) is 0 Å². The summed E-state index contributed by atoms with van der Waals surface area (Å²) >= 11 is 0. The van der Waals surface area contributed by atoms with Crippen LogP contribution in [0.1, 0.15) is 65.7 Å². The average Bonchev–Trinajstić information content (AvgIpc) is 2.35. The normalized spacial score (nSPS) is 12.2. The Labute approximate surface area is 127 Å². The Morgan fingerprint density at radius 1 is 1.10 bits per heavy atom. The number of unbranched alkanes of at least 4 members (excludes halogenated alkanes) is 2. The molecular weight excluding hydrogens is 272 g/mol. The van der Waals surface area contributed by atoms with Gasteiger partial charge in [0.05, 0.1) is 6.10 Å². The number of carbonyl (C=O) groups is 2. The van der Waals surface area contributed by atoms with Crippen LogP contribution in [-0.4, -0.2) is 34.7 Å². The summed E-state index contributed by atoms with van der Waals surface area (Å²) < 4.78 is 0. The van der Waals surface area contributed by atoms with Gasteiger partial charge < -0.3 is 21.7 Å². The first-order chi connectivity index (χ1) is 9.63. The summed E-state index contributed by atoms with van der Waals surface area (Å²) in [5.41, 5.74) is 9.64. The fourth-order valence-corrected chi connectivity index (χ4v) is 1.54. The molecule has 0 aromatic heterocycles. The van der Waals surface area contributed by atoms with Crippen molar-refractivity contribution in [2.75, 3.05) is 6.61 Å². The molecule has 126 valence electrons. The van der Waals surface area contributed by atoms with Gasteiger partial charge in [0.1, 0.15) is 0 Å². The van der Waals surface area contributed by atoms with E-state index >= 15 is 0 Å². The Balaban J connectivity index is 0. The fraction of sp³-hybridized carbons (Fsp3) is 0.867. The number of nitrogens with two attached hydrogens (primary N) is 2. The average molecular weight is 304 g/mol. The van der Waals surface area contributed by atoms with E-state index in [-0.39, 0.29) is 24.5 Å². The maximum atomic E-state index is 10.8. The lowest BCUT2D eigenvalue weighted by Crippen LogP contribution is -2.31. The molecule has 1 unspecified atom stereocenters. The highest BCUT2D eigenvalue weighted by Crippen LogP contribution is 2.21. The highest BCUT2D eigenvalue weighted by molar-refractivity contribution is 5.79. The molecule has 0 radical (unpaired) electrons. The van der Waals surface area contributed by atoms with Gasteiger partial charge in [-0.05, 0) is 32.6 Å². The van der Waals surface area contributed by atoms with Gasteiger partial charge in [-0.3, -0.25) is 9.59 Å². The third-order valence-corrected chi connectivity index (χ3v) is 3.17. The standard InChI is InChI=1S/C8H17NO2.C7H15NO2/c1-8(2,7(9)11)5-3-4-6-10;1-6(9)4-2-3-5-7(8)10/h10H,3-6H2,1-2H3,(H2,9,11);6,9H,2-5H2,1H3,(H2,8,10). The molecule has 21 heavy (non-hydrogen) atoms. The molecule has 0 saturated carbocycles. The van der Waals surface area contributed by atoms with Gasteiger partial charge in [-0.2, -0.15) is 0 Å². The fourth-order valence-electron chi connectivity index (χ4n) is 1.54. The summed E-state index contributed by atoms with van der Waals surface area (Å²) in [7, 11) is 0. The Hall–Kier alpha value is -1.14. The van der Waals surface area contributed by atoms with Gasteiger partial charge in [-0.25, -0.2) is 0 Å². The number of aliphatic hydroxyl groups is 2. The van der Waals surface area contributed by atoms with Gasteiger partial charge in [0.15, 0.2) is 0 Å². The number of carbonyl (C=O) groups excluding carboxylic acids is 2. The second-order valence-corrected chi connectivity index (χ2v) is 5.99. The largest absolute Gasteiger partial charge is 0.396 e. The number of rotatable bonds is 10. The van der Waals surface area contributed by atoms with Gasteiger partial charge in [0.2, 0.25) is 11.8 Å². The van der Waals surface area contributed by atoms with E-state index in [0.717, 1.165) is 38.5 Å². The van der Waals surface area contributed by atoms with Gasteiger partial charge in [-0.1, -0.05) is 26.7 Å². The van der Waals surface area contributed by atoms with E-state index < -0.39 is 5.41 Å². The maximum Gasteiger partial charge on any atom is 0.223 e. The van der Waals surface area contributed by atoms with E-state index in [9.17, 15) is 9.59 Å². The molecule has 2 amide bonds. The first kappa shape index (κ1) is 22.1. The summed E-state index contributed by atoms with van der Waals surface area (Å²) in [6.45, 7) is 5.58. The zero-order valence-electron chi connectivity index (χ0n) is 13.6. The lowest BCUT2D eigenvalue weighted by molar-refractivity contribution is -0.126. The Bertz CT molecular complexity index is 291. The minimum Gasteiger partial charge on any atom is -0.396 e. The molecule has 0 aromatic carbocycles. The highest BCUT2D eigenvalue weighted by atomic mass is 16.3. The topological polar surface area (TPSA) is 127 Å². The predicted octanol–water partition coefficient (Wildman–Crippen LogP) is 1.07. The number of hydrogen-bond donors (Lipinski definition) is 4. The van der Waals surface area contributed by atoms with Crippen molar-refractivity contribution in [3.8, 4) is 0 Å². The molecule has 0 aliphatic rings. The Morgan fingerprint density at radius 3 is 2.05 bits per heavy atom. The summed E-state index contributed by atoms with van der Waals surface area (Å²) in [5, 5.41) is 17.3. The van der Waals surface area contributed by atoms with E-state index in [4.69, 9.17) is 21.7 Å². The van der Waals surface area contributed by atoms with E-state index in [1.54, 1.807) is 6.92 Å². The monoisotopic (exact) mass is 304 g/mol. The third-order valence-electron chi connectivity index (χ3n) is 3.17. The van der Waals surface area contributed by atoms with Crippen LogP contribution in [0.15, 0.2) is 0 Å². The molecule has 0 heterocycles. The lowest BCUT2D eigenvalue weighted by atomic mass is 9.87. The van der Waals surface area contributed by atoms with Crippen LogP contribution in [0.4, 0.5) is 0 Å². The van der Waals surface area contributed by atoms with Crippen molar-refractivity contribution < 1.29 is 19.8 Å². The van der Waals surface area contributed by atoms with Crippen LogP contribution in [0.5, 0.6) is 0 Å². The quantitative estimate of drug-likeness (QED) is 0.450. The molecule has 0 aliphatic carbocycles. The molecule has 0 bridgehead atoms. The number of hydrogen-bond acceptors (Lipinski definition) is 4. The van der Waals surface area contributed by atoms with Crippen LogP contribution in [-0.2, 0) is 9.59 Å². The highest BCUT2D eigenvalue weighted by Gasteiger charge is 2.23. The summed E-state index contributed by atoms with van der Waals surface area (Å²) in [6.07, 6.45) is 4.96. The van der Waals surface area contributed by atoms with Crippen molar-refractivity contribution in [1.29, 1.82) is 0 Å². The van der Waals surface area contributed by atoms with Crippen molar-refractivity contribution in [2.45, 2.75) is 71.8 Å². The molecule has 0 aliphatic heterocycles. The van der Waals surface area contributed by atoms with Gasteiger partial charge >= 0.3 is 0 Å². The number of primary amides is 2. The van der Waals surface area contributed by atoms with E-state index in [0.29, 0.717) is 6.42 Å². The first-order valence-electron chi connectivity index (χ1n) is 7.50. The van der Waals surface area contributed by atoms with Crippen molar-refractivity contribution in [3.63, 3.8) is 0 Å². The van der Waals surface area contributed by atoms with Crippen molar-refractivity contribution in [3.05, 3.63) is 0 Å². The molecule has 0 rings (SSSR count). The lowest BCUT2D eigenvalue weighted by Gasteiger charge is -2.19. The van der Waals surface area contributed by atoms with Crippen LogP contribution in [0.3, 0.4) is 0 Å². The predicted molar refractivity (Wildman–Crippen MR) is 83.3 cm³/mol. The van der Waals surface area contributed by atoms with E-state index in [1.165, 1.54) is 0 Å². The SMILES string of the molecule is CC(C)(CCCCO)C(N)=O.CC(O)CCCCC(N)=O. The smallest absolute Gasteiger partial charge is 0.223 e. The molecular formula is C15H32N2O4. The van der Waals surface area contributed by atoms with Crippen LogP contribution >= 0.6 is 0 Å². The van der Waals surface area contributed by atoms with Crippen LogP contribution in [0.25, 0.3) is 0 Å². The molecule has 0 saturated heterocycles. The van der Waals surface area contributed by atoms with Gasteiger partial charge in [0.25, 0.3) is 0 Å². The Kier molecular flexibility index (Phi) is 13.3. The molecule has 6 nitrogen and oxygen atoms in total. The van der Waals surface area contributed by atoms with E-state index in [1.807, 2.05) is 13.8 Å². The molecule has 0 spiro atoms. The van der Waals surface area contributed by atoms with Crippen LogP contribution in [0.2, 0.25) is 0 Å². The summed E-state index contributed by atoms with van der Waals surface area (Å²) in [5.74, 6) is -0.527. The van der Waals surface area contributed by atoms with Crippen LogP contribution in [0, 0.1) is 5.41 Å². The molecule has 6 heteroatoms. The minimum atomic E-state index is -0.421. The zero-order valence-corrected chi connectivity index (χ0v) is 13.6. The molecule has 6 N–H and O–H groups in total.